The Balaban J connectivity index is 0.00000220. The first-order valence-electron chi connectivity index (χ1n) is 5.15. The van der Waals surface area contributed by atoms with Gasteiger partial charge in [-0.2, -0.15) is 0 Å². The average Bonchev–Trinajstić information content (AvgIpc) is 2.38. The van der Waals surface area contributed by atoms with Crippen LogP contribution in [0, 0.1) is 0 Å². The molecule has 0 N–H and O–H groups in total. The largest absolute Gasteiger partial charge is 2.00 e. The van der Waals surface area contributed by atoms with Gasteiger partial charge in [0.15, 0.2) is 0 Å². The molecule has 0 aliphatic carbocycles. The molecule has 0 radical (unpaired) electrons. The molecule has 21 heavy (non-hydrogen) atoms. The maximum absolute atomic E-state index is 11.0. The van der Waals surface area contributed by atoms with Crippen molar-refractivity contribution >= 4 is 35.1 Å². The molecular weight excluding hydrogens is 502 g/mol. The summed E-state index contributed by atoms with van der Waals surface area (Å²) < 4.78 is 0. The number of hydrogen-bond acceptors (Lipinski definition) is 6. The smallest absolute Gasteiger partial charge is 0.545 e. The van der Waals surface area contributed by atoms with Gasteiger partial charge in [0.25, 0.3) is 0 Å². The molecule has 0 aliphatic heterocycles. The number of hydrogen-bond donors (Lipinski definition) is 0. The molecule has 0 aromatic carbocycles. The predicted octanol–water partition coefficient (Wildman–Crippen LogP) is 0.175. The molecule has 0 spiro atoms. The van der Waals surface area contributed by atoms with E-state index in [-0.39, 0.29) is 48.1 Å². The summed E-state index contributed by atoms with van der Waals surface area (Å²) in [6, 6.07) is 2.39. The van der Waals surface area contributed by atoms with Crippen molar-refractivity contribution in [2.75, 3.05) is 0 Å². The number of aromatic nitrogens is 2. The third-order valence-corrected chi connectivity index (χ3v) is 3.07. The van der Waals surface area contributed by atoms with E-state index in [0.717, 1.165) is 12.3 Å². The molecule has 0 fully saturated rings. The SMILES string of the molecule is O=C([O-])c1ccnc(-c2ncc(Cl)c(C(=O)[O-])c2Cl)c1.[Pt+2]. The van der Waals surface area contributed by atoms with Gasteiger partial charge in [0.1, 0.15) is 5.69 Å². The minimum Gasteiger partial charge on any atom is -0.545 e. The van der Waals surface area contributed by atoms with Crippen molar-refractivity contribution in [2.24, 2.45) is 0 Å². The fourth-order valence-corrected chi connectivity index (χ4v) is 2.11. The molecule has 2 rings (SSSR count). The summed E-state index contributed by atoms with van der Waals surface area (Å²) in [6.07, 6.45) is 2.28. The van der Waals surface area contributed by atoms with Crippen LogP contribution in [0.25, 0.3) is 11.4 Å². The van der Waals surface area contributed by atoms with Gasteiger partial charge >= 0.3 is 21.1 Å². The van der Waals surface area contributed by atoms with E-state index in [1.807, 2.05) is 0 Å². The van der Waals surface area contributed by atoms with Crippen LogP contribution in [-0.2, 0) is 21.1 Å². The molecule has 2 aromatic heterocycles. The number of carboxylic acid groups (broad SMARTS) is 2. The second-order valence-electron chi connectivity index (χ2n) is 3.65. The summed E-state index contributed by atoms with van der Waals surface area (Å²) >= 11 is 11.6. The summed E-state index contributed by atoms with van der Waals surface area (Å²) in [5.41, 5.74) is -0.508. The van der Waals surface area contributed by atoms with E-state index >= 15 is 0 Å². The first-order chi connectivity index (χ1) is 9.41. The van der Waals surface area contributed by atoms with Gasteiger partial charge in [-0.3, -0.25) is 9.97 Å². The van der Waals surface area contributed by atoms with Gasteiger partial charge in [0, 0.05) is 23.5 Å². The third kappa shape index (κ3) is 3.59. The molecule has 110 valence electrons. The molecule has 0 saturated carbocycles. The van der Waals surface area contributed by atoms with Crippen LogP contribution in [0.3, 0.4) is 0 Å². The molecule has 9 heteroatoms. The van der Waals surface area contributed by atoms with Crippen molar-refractivity contribution in [3.8, 4) is 11.4 Å². The van der Waals surface area contributed by atoms with Crippen LogP contribution in [0.15, 0.2) is 24.5 Å². The van der Waals surface area contributed by atoms with Gasteiger partial charge in [-0.05, 0) is 12.1 Å². The quantitative estimate of drug-likeness (QED) is 0.589. The Bertz CT molecular complexity index is 724. The van der Waals surface area contributed by atoms with Crippen LogP contribution in [0.1, 0.15) is 20.7 Å². The minimum atomic E-state index is -1.57. The molecule has 2 heterocycles. The van der Waals surface area contributed by atoms with Gasteiger partial charge < -0.3 is 19.8 Å². The van der Waals surface area contributed by atoms with Crippen LogP contribution in [0.2, 0.25) is 10.0 Å². The standard InChI is InChI=1S/C12H6Cl2N2O4.Pt/c13-6-4-16-10(9(14)8(6)12(19)20)7-3-5(11(17)18)1-2-15-7;/h1-4H,(H,17,18)(H,19,20);/q;+2/p-2. The number of carbonyl (C=O) groups excluding carboxylic acids is 2. The Labute approximate surface area is 143 Å². The average molecular weight is 506 g/mol. The zero-order valence-electron chi connectivity index (χ0n) is 9.91. The topological polar surface area (TPSA) is 106 Å². The van der Waals surface area contributed by atoms with Gasteiger partial charge in [0.2, 0.25) is 0 Å². The Kier molecular flexibility index (Phi) is 5.84. The van der Waals surface area contributed by atoms with Crippen LogP contribution in [-0.4, -0.2) is 21.9 Å². The first kappa shape index (κ1) is 17.6. The van der Waals surface area contributed by atoms with Gasteiger partial charge in [-0.1, -0.05) is 23.2 Å². The summed E-state index contributed by atoms with van der Waals surface area (Å²) in [4.78, 5) is 29.5. The second-order valence-corrected chi connectivity index (χ2v) is 4.43. The van der Waals surface area contributed by atoms with Crippen molar-refractivity contribution in [2.45, 2.75) is 0 Å². The number of rotatable bonds is 3. The van der Waals surface area contributed by atoms with Crippen molar-refractivity contribution in [1.29, 1.82) is 0 Å². The van der Waals surface area contributed by atoms with E-state index in [1.54, 1.807) is 0 Å². The maximum atomic E-state index is 11.0. The molecule has 0 atom stereocenters. The van der Waals surface area contributed by atoms with Crippen LogP contribution < -0.4 is 10.2 Å². The summed E-state index contributed by atoms with van der Waals surface area (Å²) in [7, 11) is 0. The van der Waals surface area contributed by atoms with E-state index in [2.05, 4.69) is 9.97 Å². The zero-order chi connectivity index (χ0) is 14.9. The fraction of sp³-hybridized carbons (Fsp3) is 0. The summed E-state index contributed by atoms with van der Waals surface area (Å²) in [6.45, 7) is 0. The van der Waals surface area contributed by atoms with Crippen LogP contribution in [0.5, 0.6) is 0 Å². The molecule has 0 amide bonds. The van der Waals surface area contributed by atoms with Crippen molar-refractivity contribution in [1.82, 2.24) is 9.97 Å². The maximum Gasteiger partial charge on any atom is 2.00 e. The molecule has 0 unspecified atom stereocenters. The number of aromatic carboxylic acids is 2. The first-order valence-corrected chi connectivity index (χ1v) is 5.90. The van der Waals surface area contributed by atoms with E-state index in [1.165, 1.54) is 12.3 Å². The Hall–Kier alpha value is -1.49. The molecule has 0 saturated heterocycles. The monoisotopic (exact) mass is 505 g/mol. The molecular formula is C12H4Cl2N2O4Pt. The van der Waals surface area contributed by atoms with Crippen molar-refractivity contribution < 1.29 is 40.9 Å². The summed E-state index contributed by atoms with van der Waals surface area (Å²) in [5, 5.41) is 21.3. The number of nitrogens with zero attached hydrogens (tertiary/aromatic N) is 2. The minimum absolute atomic E-state index is 0. The van der Waals surface area contributed by atoms with Gasteiger partial charge in [-0.15, -0.1) is 0 Å². The Morgan fingerprint density at radius 2 is 1.76 bits per heavy atom. The normalized spacial score (nSPS) is 9.81. The molecule has 6 nitrogen and oxygen atoms in total. The molecule has 2 aromatic rings. The fourth-order valence-electron chi connectivity index (χ4n) is 1.52. The van der Waals surface area contributed by atoms with E-state index in [9.17, 15) is 19.8 Å². The van der Waals surface area contributed by atoms with E-state index < -0.39 is 17.5 Å². The van der Waals surface area contributed by atoms with Crippen molar-refractivity contribution in [3.63, 3.8) is 0 Å². The number of pyridine rings is 2. The third-order valence-electron chi connectivity index (χ3n) is 2.42. The number of halogens is 2. The van der Waals surface area contributed by atoms with Crippen LogP contribution >= 0.6 is 23.2 Å². The zero-order valence-corrected chi connectivity index (χ0v) is 13.7. The van der Waals surface area contributed by atoms with Crippen molar-refractivity contribution in [3.05, 3.63) is 45.7 Å². The molecule has 0 aliphatic rings. The van der Waals surface area contributed by atoms with Gasteiger partial charge in [-0.25, -0.2) is 0 Å². The predicted molar refractivity (Wildman–Crippen MR) is 66.1 cm³/mol. The number of carboxylic acids is 2. The van der Waals surface area contributed by atoms with Crippen LogP contribution in [0.4, 0.5) is 0 Å². The van der Waals surface area contributed by atoms with Gasteiger partial charge in [0.05, 0.1) is 27.7 Å². The van der Waals surface area contributed by atoms with E-state index in [4.69, 9.17) is 23.2 Å². The molecule has 0 bridgehead atoms. The Morgan fingerprint density at radius 1 is 1.10 bits per heavy atom. The summed E-state index contributed by atoms with van der Waals surface area (Å²) in [5.74, 6) is -2.97. The number of carbonyl (C=O) groups is 2. The van der Waals surface area contributed by atoms with E-state index in [0.29, 0.717) is 0 Å². The second kappa shape index (κ2) is 6.98. The Morgan fingerprint density at radius 3 is 2.33 bits per heavy atom.